The van der Waals surface area contributed by atoms with E-state index in [1.54, 1.807) is 12.1 Å². The summed E-state index contributed by atoms with van der Waals surface area (Å²) in [6, 6.07) is 6.26. The van der Waals surface area contributed by atoms with Gasteiger partial charge in [-0.05, 0) is 18.6 Å². The van der Waals surface area contributed by atoms with Crippen LogP contribution >= 0.6 is 0 Å². The molecule has 0 aliphatic carbocycles. The number of para-hydroxylation sites is 1. The largest absolute Gasteiger partial charge is 0.337 e. The zero-order chi connectivity index (χ0) is 15.0. The predicted molar refractivity (Wildman–Crippen MR) is 79.1 cm³/mol. The molecule has 1 aromatic carbocycles. The maximum atomic E-state index is 12.9. The summed E-state index contributed by atoms with van der Waals surface area (Å²) in [7, 11) is -3.88. The van der Waals surface area contributed by atoms with Gasteiger partial charge in [-0.3, -0.25) is 0 Å². The van der Waals surface area contributed by atoms with Gasteiger partial charge in [-0.2, -0.15) is 17.0 Å². The lowest BCUT2D eigenvalue weighted by Gasteiger charge is -2.38. The minimum Gasteiger partial charge on any atom is -0.333 e. The fourth-order valence-corrected chi connectivity index (χ4v) is 4.47. The van der Waals surface area contributed by atoms with E-state index in [4.69, 9.17) is 0 Å². The molecule has 1 aromatic rings. The van der Waals surface area contributed by atoms with Crippen molar-refractivity contribution in [2.24, 2.45) is 0 Å². The molecule has 2 aliphatic heterocycles. The summed E-state index contributed by atoms with van der Waals surface area (Å²) in [5.41, 5.74) is 1.23. The molecule has 1 atom stereocenters. The summed E-state index contributed by atoms with van der Waals surface area (Å²) >= 11 is 0. The number of hydrogen-bond acceptors (Lipinski definition) is 4. The van der Waals surface area contributed by atoms with E-state index in [1.807, 2.05) is 19.1 Å². The van der Waals surface area contributed by atoms with Crippen LogP contribution < -0.4 is 14.9 Å². The van der Waals surface area contributed by atoms with Crippen molar-refractivity contribution in [1.82, 2.24) is 14.9 Å². The molecule has 0 spiro atoms. The molecule has 1 unspecified atom stereocenters. The van der Waals surface area contributed by atoms with E-state index in [2.05, 4.69) is 10.6 Å². The molecule has 0 radical (unpaired) electrons. The van der Waals surface area contributed by atoms with Crippen LogP contribution in [-0.4, -0.2) is 44.4 Å². The fourth-order valence-electron chi connectivity index (χ4n) is 2.71. The number of hydrogen-bond donors (Lipinski definition) is 2. The molecule has 3 rings (SSSR count). The summed E-state index contributed by atoms with van der Waals surface area (Å²) < 4.78 is 28.0. The smallest absolute Gasteiger partial charge is 0.333 e. The van der Waals surface area contributed by atoms with E-state index in [9.17, 15) is 13.2 Å². The lowest BCUT2D eigenvalue weighted by atomic mass is 10.1. The first-order valence-electron chi connectivity index (χ1n) is 6.90. The average molecular weight is 310 g/mol. The first-order valence-corrected chi connectivity index (χ1v) is 8.30. The van der Waals surface area contributed by atoms with Crippen molar-refractivity contribution >= 4 is 21.9 Å². The van der Waals surface area contributed by atoms with E-state index >= 15 is 0 Å². The highest BCUT2D eigenvalue weighted by Crippen LogP contribution is 2.29. The minimum atomic E-state index is -3.88. The van der Waals surface area contributed by atoms with Crippen LogP contribution in [0.3, 0.4) is 0 Å². The number of urea groups is 1. The summed E-state index contributed by atoms with van der Waals surface area (Å²) in [4.78, 5) is 12.1. The Bertz CT molecular complexity index is 661. The molecule has 2 heterocycles. The highest BCUT2D eigenvalue weighted by atomic mass is 32.2. The molecular formula is C13H18N4O3S. The van der Waals surface area contributed by atoms with Crippen molar-refractivity contribution in [3.63, 3.8) is 0 Å². The topological polar surface area (TPSA) is 81.8 Å². The molecule has 8 heteroatoms. The Hall–Kier alpha value is -1.64. The van der Waals surface area contributed by atoms with Crippen molar-refractivity contribution in [3.05, 3.63) is 29.8 Å². The zero-order valence-corrected chi connectivity index (χ0v) is 12.6. The lowest BCUT2D eigenvalue weighted by Crippen LogP contribution is -2.59. The highest BCUT2D eigenvalue weighted by Gasteiger charge is 2.40. The number of amides is 2. The number of nitrogens with zero attached hydrogens (tertiary/aromatic N) is 2. The maximum absolute atomic E-state index is 12.9. The number of carbonyl (C=O) groups excluding carboxylic acids is 1. The Morgan fingerprint density at radius 3 is 2.81 bits per heavy atom. The van der Waals surface area contributed by atoms with Gasteiger partial charge in [0.15, 0.2) is 0 Å². The summed E-state index contributed by atoms with van der Waals surface area (Å²) in [5.74, 6) is 0. The number of fused-ring (bicyclic) bond motifs is 1. The van der Waals surface area contributed by atoms with Gasteiger partial charge in [0.05, 0.1) is 5.69 Å². The van der Waals surface area contributed by atoms with Crippen LogP contribution in [0.15, 0.2) is 24.3 Å². The molecule has 0 aromatic heterocycles. The van der Waals surface area contributed by atoms with E-state index in [0.717, 1.165) is 9.87 Å². The predicted octanol–water partition coefficient (Wildman–Crippen LogP) is 0.255. The summed E-state index contributed by atoms with van der Waals surface area (Å²) in [6.07, 6.45) is 0. The summed E-state index contributed by atoms with van der Waals surface area (Å²) in [6.45, 7) is 3.70. The third-order valence-electron chi connectivity index (χ3n) is 3.79. The van der Waals surface area contributed by atoms with Crippen LogP contribution in [-0.2, 0) is 16.8 Å². The quantitative estimate of drug-likeness (QED) is 0.821. The Morgan fingerprint density at radius 2 is 2.05 bits per heavy atom. The van der Waals surface area contributed by atoms with Gasteiger partial charge in [-0.15, -0.1) is 0 Å². The van der Waals surface area contributed by atoms with Gasteiger partial charge in [-0.1, -0.05) is 18.2 Å². The molecule has 2 aliphatic rings. The van der Waals surface area contributed by atoms with Crippen molar-refractivity contribution in [2.75, 3.05) is 23.9 Å². The van der Waals surface area contributed by atoms with Gasteiger partial charge in [-0.25, -0.2) is 4.79 Å². The Balaban J connectivity index is 2.04. The number of benzene rings is 1. The van der Waals surface area contributed by atoms with Crippen molar-refractivity contribution < 1.29 is 13.2 Å². The van der Waals surface area contributed by atoms with Gasteiger partial charge in [0.25, 0.3) is 0 Å². The van der Waals surface area contributed by atoms with Crippen LogP contribution in [0.1, 0.15) is 12.5 Å². The fraction of sp³-hybridized carbons (Fsp3) is 0.462. The first kappa shape index (κ1) is 14.3. The number of piperazine rings is 1. The monoisotopic (exact) mass is 310 g/mol. The summed E-state index contributed by atoms with van der Waals surface area (Å²) in [5, 5.41) is 5.76. The third kappa shape index (κ3) is 2.39. The maximum Gasteiger partial charge on any atom is 0.337 e. The number of nitrogens with one attached hydrogen (secondary N) is 2. The Labute approximate surface area is 124 Å². The van der Waals surface area contributed by atoms with Gasteiger partial charge >= 0.3 is 16.2 Å². The number of rotatable bonds is 2. The molecule has 2 N–H and O–H groups in total. The second-order valence-corrected chi connectivity index (χ2v) is 6.95. The second-order valence-electron chi connectivity index (χ2n) is 5.22. The van der Waals surface area contributed by atoms with E-state index < -0.39 is 16.2 Å². The Morgan fingerprint density at radius 1 is 1.29 bits per heavy atom. The SMILES string of the molecule is CC1CNCCN1S(=O)(=O)N1C(=O)NCc2ccccc21. The van der Waals surface area contributed by atoms with Crippen molar-refractivity contribution in [3.8, 4) is 0 Å². The van der Waals surface area contributed by atoms with Gasteiger partial charge in [0.1, 0.15) is 0 Å². The van der Waals surface area contributed by atoms with Crippen LogP contribution in [0.4, 0.5) is 10.5 Å². The standard InChI is InChI=1S/C13H18N4O3S/c1-10-8-14-6-7-16(10)21(19,20)17-12-5-3-2-4-11(12)9-15-13(17)18/h2-5,10,14H,6-9H2,1H3,(H,15,18). The van der Waals surface area contributed by atoms with Crippen LogP contribution in [0.5, 0.6) is 0 Å². The molecule has 1 fully saturated rings. The average Bonchev–Trinajstić information content (AvgIpc) is 2.47. The van der Waals surface area contributed by atoms with Crippen LogP contribution in [0.2, 0.25) is 0 Å². The second kappa shape index (κ2) is 5.28. The van der Waals surface area contributed by atoms with Gasteiger partial charge < -0.3 is 10.6 Å². The molecule has 114 valence electrons. The lowest BCUT2D eigenvalue weighted by molar-refractivity contribution is 0.245. The number of carbonyl (C=O) groups is 1. The molecule has 7 nitrogen and oxygen atoms in total. The van der Waals surface area contributed by atoms with Crippen LogP contribution in [0, 0.1) is 0 Å². The molecule has 2 amide bonds. The normalized spacial score (nSPS) is 23.6. The van der Waals surface area contributed by atoms with Crippen molar-refractivity contribution in [1.29, 1.82) is 0 Å². The van der Waals surface area contributed by atoms with Gasteiger partial charge in [0, 0.05) is 32.2 Å². The molecular weight excluding hydrogens is 292 g/mol. The van der Waals surface area contributed by atoms with Crippen LogP contribution in [0.25, 0.3) is 0 Å². The molecule has 1 saturated heterocycles. The first-order chi connectivity index (χ1) is 10.0. The highest BCUT2D eigenvalue weighted by molar-refractivity contribution is 7.91. The number of anilines is 1. The van der Waals surface area contributed by atoms with Crippen molar-refractivity contribution in [2.45, 2.75) is 19.5 Å². The third-order valence-corrected chi connectivity index (χ3v) is 5.75. The van der Waals surface area contributed by atoms with Gasteiger partial charge in [0.2, 0.25) is 0 Å². The molecule has 0 saturated carbocycles. The molecule has 0 bridgehead atoms. The zero-order valence-electron chi connectivity index (χ0n) is 11.7. The van der Waals surface area contributed by atoms with E-state index in [1.165, 1.54) is 4.31 Å². The van der Waals surface area contributed by atoms with E-state index in [-0.39, 0.29) is 6.04 Å². The molecule has 21 heavy (non-hydrogen) atoms. The van der Waals surface area contributed by atoms with E-state index in [0.29, 0.717) is 31.9 Å². The Kier molecular flexibility index (Phi) is 3.60. The minimum absolute atomic E-state index is 0.189.